The van der Waals surface area contributed by atoms with Crippen LogP contribution in [0.4, 0.5) is 0 Å². The Hall–Kier alpha value is -2.80. The van der Waals surface area contributed by atoms with Crippen LogP contribution >= 0.6 is 0 Å². The molecule has 3 aromatic rings. The van der Waals surface area contributed by atoms with Gasteiger partial charge in [0.1, 0.15) is 11.8 Å². The Morgan fingerprint density at radius 3 is 2.58 bits per heavy atom. The number of ether oxygens (including phenoxy) is 1. The van der Waals surface area contributed by atoms with E-state index in [4.69, 9.17) is 4.74 Å². The van der Waals surface area contributed by atoms with Crippen LogP contribution in [0.5, 0.6) is 5.88 Å². The summed E-state index contributed by atoms with van der Waals surface area (Å²) in [5, 5.41) is 4.24. The predicted octanol–water partition coefficient (Wildman–Crippen LogP) is 2.32. The molecule has 1 aliphatic heterocycles. The fourth-order valence-corrected chi connectivity index (χ4v) is 3.27. The Bertz CT molecular complexity index is 842. The van der Waals surface area contributed by atoms with Gasteiger partial charge in [0, 0.05) is 68.8 Å². The molecule has 0 radical (unpaired) electrons. The molecule has 0 atom stereocenters. The highest BCUT2D eigenvalue weighted by Gasteiger charge is 2.22. The minimum atomic E-state index is 0.164. The van der Waals surface area contributed by atoms with E-state index >= 15 is 0 Å². The third-order valence-corrected chi connectivity index (χ3v) is 4.60. The lowest BCUT2D eigenvalue weighted by Crippen LogP contribution is -2.37. The van der Waals surface area contributed by atoms with Crippen molar-refractivity contribution in [3.63, 3.8) is 0 Å². The summed E-state index contributed by atoms with van der Waals surface area (Å²) < 4.78 is 8.05. The number of aromatic nitrogens is 5. The first-order valence-corrected chi connectivity index (χ1v) is 8.86. The highest BCUT2D eigenvalue weighted by molar-refractivity contribution is 5.63. The number of likely N-dealkylation sites (tertiary alicyclic amines) is 1. The fourth-order valence-electron chi connectivity index (χ4n) is 3.27. The quantitative estimate of drug-likeness (QED) is 0.703. The molecule has 0 amide bonds. The Labute approximate surface area is 152 Å². The standard InChI is InChI=1S/C19H22N6O/c1-24-13-15(12-23-24)14-25-10-4-17(5-11-25)26-19-18(21-8-9-22-19)16-2-6-20-7-3-16/h2-3,6-9,12-13,17H,4-5,10-11,14H2,1H3. The lowest BCUT2D eigenvalue weighted by atomic mass is 10.1. The third-order valence-electron chi connectivity index (χ3n) is 4.60. The van der Waals surface area contributed by atoms with E-state index in [0.717, 1.165) is 43.7 Å². The second-order valence-electron chi connectivity index (χ2n) is 6.56. The van der Waals surface area contributed by atoms with E-state index in [1.54, 1.807) is 24.8 Å². The fraction of sp³-hybridized carbons (Fsp3) is 0.368. The summed E-state index contributed by atoms with van der Waals surface area (Å²) in [4.78, 5) is 15.4. The molecule has 4 heterocycles. The van der Waals surface area contributed by atoms with E-state index in [1.807, 2.05) is 30.1 Å². The predicted molar refractivity (Wildman–Crippen MR) is 97.4 cm³/mol. The average molecular weight is 350 g/mol. The van der Waals surface area contributed by atoms with Crippen LogP contribution in [0.2, 0.25) is 0 Å². The van der Waals surface area contributed by atoms with Gasteiger partial charge in [-0.05, 0) is 25.0 Å². The number of aryl methyl sites for hydroxylation is 1. The average Bonchev–Trinajstić information content (AvgIpc) is 3.09. The van der Waals surface area contributed by atoms with Crippen LogP contribution in [0.3, 0.4) is 0 Å². The van der Waals surface area contributed by atoms with Gasteiger partial charge in [-0.15, -0.1) is 0 Å². The van der Waals surface area contributed by atoms with Crippen molar-refractivity contribution in [1.82, 2.24) is 29.6 Å². The Morgan fingerprint density at radius 1 is 1.08 bits per heavy atom. The molecule has 1 fully saturated rings. The molecule has 3 aromatic heterocycles. The van der Waals surface area contributed by atoms with Crippen molar-refractivity contribution >= 4 is 0 Å². The van der Waals surface area contributed by atoms with Crippen molar-refractivity contribution in [2.75, 3.05) is 13.1 Å². The summed E-state index contributed by atoms with van der Waals surface area (Å²) in [6.07, 6.45) is 13.0. The number of hydrogen-bond acceptors (Lipinski definition) is 6. The molecule has 0 aromatic carbocycles. The van der Waals surface area contributed by atoms with Crippen molar-refractivity contribution in [1.29, 1.82) is 0 Å². The molecular weight excluding hydrogens is 328 g/mol. The van der Waals surface area contributed by atoms with Crippen molar-refractivity contribution < 1.29 is 4.74 Å². The largest absolute Gasteiger partial charge is 0.473 e. The maximum Gasteiger partial charge on any atom is 0.240 e. The summed E-state index contributed by atoms with van der Waals surface area (Å²) in [7, 11) is 1.95. The molecule has 0 saturated carbocycles. The molecular formula is C19H22N6O. The van der Waals surface area contributed by atoms with Crippen molar-refractivity contribution in [2.45, 2.75) is 25.5 Å². The van der Waals surface area contributed by atoms with Crippen LogP contribution < -0.4 is 4.74 Å². The maximum atomic E-state index is 6.21. The maximum absolute atomic E-state index is 6.21. The van der Waals surface area contributed by atoms with E-state index in [0.29, 0.717) is 5.88 Å². The highest BCUT2D eigenvalue weighted by atomic mass is 16.5. The van der Waals surface area contributed by atoms with Gasteiger partial charge in [-0.1, -0.05) is 0 Å². The number of piperidine rings is 1. The number of pyridine rings is 1. The summed E-state index contributed by atoms with van der Waals surface area (Å²) >= 11 is 0. The zero-order valence-corrected chi connectivity index (χ0v) is 14.8. The zero-order valence-electron chi connectivity index (χ0n) is 14.8. The van der Waals surface area contributed by atoms with Gasteiger partial charge in [0.05, 0.1) is 6.20 Å². The molecule has 0 unspecified atom stereocenters. The number of rotatable bonds is 5. The summed E-state index contributed by atoms with van der Waals surface area (Å²) in [5.41, 5.74) is 2.99. The second kappa shape index (κ2) is 7.61. The van der Waals surface area contributed by atoms with Crippen LogP contribution in [0.25, 0.3) is 11.3 Å². The first kappa shape index (κ1) is 16.7. The topological polar surface area (TPSA) is 69.0 Å². The normalized spacial score (nSPS) is 15.9. The molecule has 1 aliphatic rings. The lowest BCUT2D eigenvalue weighted by Gasteiger charge is -2.31. The molecule has 0 bridgehead atoms. The van der Waals surface area contributed by atoms with Crippen LogP contribution in [0.15, 0.2) is 49.3 Å². The third kappa shape index (κ3) is 3.88. The summed E-state index contributed by atoms with van der Waals surface area (Å²) in [5.74, 6) is 0.601. The van der Waals surface area contributed by atoms with Gasteiger partial charge in [0.25, 0.3) is 0 Å². The van der Waals surface area contributed by atoms with E-state index in [9.17, 15) is 0 Å². The summed E-state index contributed by atoms with van der Waals surface area (Å²) in [6, 6.07) is 3.85. The van der Waals surface area contributed by atoms with E-state index < -0.39 is 0 Å². The van der Waals surface area contributed by atoms with Crippen molar-refractivity contribution in [3.8, 4) is 17.1 Å². The van der Waals surface area contributed by atoms with Gasteiger partial charge < -0.3 is 4.74 Å². The molecule has 134 valence electrons. The number of hydrogen-bond donors (Lipinski definition) is 0. The van der Waals surface area contributed by atoms with Crippen LogP contribution in [-0.2, 0) is 13.6 Å². The van der Waals surface area contributed by atoms with Crippen LogP contribution in [-0.4, -0.2) is 48.8 Å². The van der Waals surface area contributed by atoms with Gasteiger partial charge in [-0.3, -0.25) is 14.6 Å². The first-order chi connectivity index (χ1) is 12.8. The smallest absolute Gasteiger partial charge is 0.240 e. The molecule has 0 aliphatic carbocycles. The molecule has 1 saturated heterocycles. The van der Waals surface area contributed by atoms with Gasteiger partial charge in [0.15, 0.2) is 0 Å². The Morgan fingerprint density at radius 2 is 1.85 bits per heavy atom. The van der Waals surface area contributed by atoms with E-state index in [2.05, 4.69) is 31.1 Å². The monoisotopic (exact) mass is 350 g/mol. The van der Waals surface area contributed by atoms with Crippen molar-refractivity contribution in [2.24, 2.45) is 7.05 Å². The Balaban J connectivity index is 1.38. The van der Waals surface area contributed by atoms with Gasteiger partial charge in [-0.25, -0.2) is 9.97 Å². The molecule has 4 rings (SSSR count). The molecule has 7 heteroatoms. The van der Waals surface area contributed by atoms with E-state index in [1.165, 1.54) is 5.56 Å². The SMILES string of the molecule is Cn1cc(CN2CCC(Oc3nccnc3-c3ccncc3)CC2)cn1. The van der Waals surface area contributed by atoms with Gasteiger partial charge in [-0.2, -0.15) is 5.10 Å². The Kier molecular flexibility index (Phi) is 4.88. The van der Waals surface area contributed by atoms with E-state index in [-0.39, 0.29) is 6.10 Å². The molecule has 0 N–H and O–H groups in total. The van der Waals surface area contributed by atoms with Crippen molar-refractivity contribution in [3.05, 3.63) is 54.9 Å². The highest BCUT2D eigenvalue weighted by Crippen LogP contribution is 2.27. The van der Waals surface area contributed by atoms with Gasteiger partial charge in [0.2, 0.25) is 5.88 Å². The molecule has 0 spiro atoms. The minimum Gasteiger partial charge on any atom is -0.473 e. The second-order valence-corrected chi connectivity index (χ2v) is 6.56. The number of nitrogens with zero attached hydrogens (tertiary/aromatic N) is 6. The molecule has 7 nitrogen and oxygen atoms in total. The minimum absolute atomic E-state index is 0.164. The van der Waals surface area contributed by atoms with Crippen LogP contribution in [0.1, 0.15) is 18.4 Å². The lowest BCUT2D eigenvalue weighted by molar-refractivity contribution is 0.0934. The first-order valence-electron chi connectivity index (χ1n) is 8.86. The zero-order chi connectivity index (χ0) is 17.8. The molecule has 26 heavy (non-hydrogen) atoms. The summed E-state index contributed by atoms with van der Waals surface area (Å²) in [6.45, 7) is 2.95. The van der Waals surface area contributed by atoms with Gasteiger partial charge >= 0.3 is 0 Å². The van der Waals surface area contributed by atoms with Crippen LogP contribution in [0, 0.1) is 0 Å².